The molecule has 3 heteroatoms. The first kappa shape index (κ1) is 12.5. The zero-order valence-corrected chi connectivity index (χ0v) is 11.2. The maximum absolute atomic E-state index is 5.67. The number of hydrogen-bond donors (Lipinski definition) is 2. The summed E-state index contributed by atoms with van der Waals surface area (Å²) in [4.78, 5) is 0. The maximum atomic E-state index is 5.67. The fourth-order valence-corrected chi connectivity index (χ4v) is 2.65. The van der Waals surface area contributed by atoms with Gasteiger partial charge in [0.05, 0.1) is 0 Å². The molecule has 2 aromatic rings. The standard InChI is InChI=1S/C16H20N2O/c1-11-5-10-15(19-11)16(18-17)14-8-6-13(7-9-14)12-3-2-4-12/h5-10,12,16,18H,2-4,17H2,1H3. The van der Waals surface area contributed by atoms with Crippen LogP contribution in [0.3, 0.4) is 0 Å². The lowest BCUT2D eigenvalue weighted by molar-refractivity contribution is 0.419. The minimum atomic E-state index is -0.0795. The van der Waals surface area contributed by atoms with E-state index in [1.165, 1.54) is 24.8 Å². The van der Waals surface area contributed by atoms with Crippen LogP contribution < -0.4 is 11.3 Å². The Morgan fingerprint density at radius 1 is 1.16 bits per heavy atom. The minimum Gasteiger partial charge on any atom is -0.464 e. The smallest absolute Gasteiger partial charge is 0.126 e. The molecule has 1 atom stereocenters. The summed E-state index contributed by atoms with van der Waals surface area (Å²) in [7, 11) is 0. The molecule has 0 aliphatic heterocycles. The fraction of sp³-hybridized carbons (Fsp3) is 0.375. The third-order valence-electron chi connectivity index (χ3n) is 4.06. The monoisotopic (exact) mass is 256 g/mol. The van der Waals surface area contributed by atoms with Gasteiger partial charge in [0.25, 0.3) is 0 Å². The van der Waals surface area contributed by atoms with Crippen LogP contribution >= 0.6 is 0 Å². The summed E-state index contributed by atoms with van der Waals surface area (Å²) in [5, 5.41) is 0. The van der Waals surface area contributed by atoms with Crippen LogP contribution in [0, 0.1) is 6.92 Å². The lowest BCUT2D eigenvalue weighted by Gasteiger charge is -2.26. The van der Waals surface area contributed by atoms with E-state index in [9.17, 15) is 0 Å². The van der Waals surface area contributed by atoms with Gasteiger partial charge in [0.2, 0.25) is 0 Å². The molecule has 0 amide bonds. The molecule has 1 saturated carbocycles. The van der Waals surface area contributed by atoms with Crippen LogP contribution in [-0.4, -0.2) is 0 Å². The van der Waals surface area contributed by atoms with E-state index in [-0.39, 0.29) is 6.04 Å². The van der Waals surface area contributed by atoms with Crippen molar-refractivity contribution in [2.75, 3.05) is 0 Å². The third kappa shape index (κ3) is 2.44. The molecular weight excluding hydrogens is 236 g/mol. The minimum absolute atomic E-state index is 0.0795. The van der Waals surface area contributed by atoms with E-state index in [0.29, 0.717) is 0 Å². The van der Waals surface area contributed by atoms with Gasteiger partial charge in [-0.1, -0.05) is 30.7 Å². The number of aryl methyl sites for hydroxylation is 1. The predicted octanol–water partition coefficient (Wildman–Crippen LogP) is 3.41. The van der Waals surface area contributed by atoms with Crippen LogP contribution in [0.4, 0.5) is 0 Å². The Labute approximate surface area is 113 Å². The van der Waals surface area contributed by atoms with Gasteiger partial charge in [-0.25, -0.2) is 5.43 Å². The van der Waals surface area contributed by atoms with Gasteiger partial charge in [0.15, 0.2) is 0 Å². The molecule has 0 spiro atoms. The lowest BCUT2D eigenvalue weighted by atomic mass is 9.80. The number of benzene rings is 1. The van der Waals surface area contributed by atoms with Crippen molar-refractivity contribution >= 4 is 0 Å². The van der Waals surface area contributed by atoms with Crippen LogP contribution in [0.2, 0.25) is 0 Å². The second-order valence-electron chi connectivity index (χ2n) is 5.34. The van der Waals surface area contributed by atoms with Gasteiger partial charge in [-0.15, -0.1) is 0 Å². The van der Waals surface area contributed by atoms with Crippen molar-refractivity contribution < 1.29 is 4.42 Å². The van der Waals surface area contributed by atoms with Crippen LogP contribution in [0.25, 0.3) is 0 Å². The molecule has 1 unspecified atom stereocenters. The molecule has 0 radical (unpaired) electrons. The third-order valence-corrected chi connectivity index (χ3v) is 4.06. The lowest BCUT2D eigenvalue weighted by Crippen LogP contribution is -2.28. The number of hydrogen-bond acceptors (Lipinski definition) is 3. The summed E-state index contributed by atoms with van der Waals surface area (Å²) < 4.78 is 5.66. The number of furan rings is 1. The number of rotatable bonds is 4. The van der Waals surface area contributed by atoms with Crippen molar-refractivity contribution in [3.8, 4) is 0 Å². The first-order valence-corrected chi connectivity index (χ1v) is 6.90. The topological polar surface area (TPSA) is 51.2 Å². The molecule has 1 fully saturated rings. The summed E-state index contributed by atoms with van der Waals surface area (Å²) in [6.45, 7) is 1.94. The molecule has 3 nitrogen and oxygen atoms in total. The van der Waals surface area contributed by atoms with Crippen molar-refractivity contribution in [1.82, 2.24) is 5.43 Å². The maximum Gasteiger partial charge on any atom is 0.126 e. The van der Waals surface area contributed by atoms with Crippen molar-refractivity contribution in [3.63, 3.8) is 0 Å². The molecule has 1 aromatic carbocycles. The van der Waals surface area contributed by atoms with E-state index in [1.807, 2.05) is 19.1 Å². The highest BCUT2D eigenvalue weighted by Crippen LogP contribution is 2.36. The van der Waals surface area contributed by atoms with Crippen LogP contribution in [0.1, 0.15) is 53.9 Å². The Bertz CT molecular complexity index is 540. The van der Waals surface area contributed by atoms with Gasteiger partial charge in [0.1, 0.15) is 17.6 Å². The Hall–Kier alpha value is -1.58. The quantitative estimate of drug-likeness (QED) is 0.651. The first-order valence-electron chi connectivity index (χ1n) is 6.90. The van der Waals surface area contributed by atoms with Gasteiger partial charge >= 0.3 is 0 Å². The Morgan fingerprint density at radius 2 is 1.89 bits per heavy atom. The normalized spacial score (nSPS) is 17.2. The van der Waals surface area contributed by atoms with Crippen molar-refractivity contribution in [1.29, 1.82) is 0 Å². The Kier molecular flexibility index (Phi) is 3.40. The van der Waals surface area contributed by atoms with Crippen molar-refractivity contribution in [3.05, 3.63) is 59.0 Å². The van der Waals surface area contributed by atoms with E-state index < -0.39 is 0 Å². The average molecular weight is 256 g/mol. The van der Waals surface area contributed by atoms with Crippen molar-refractivity contribution in [2.45, 2.75) is 38.1 Å². The van der Waals surface area contributed by atoms with E-state index >= 15 is 0 Å². The zero-order valence-electron chi connectivity index (χ0n) is 11.2. The summed E-state index contributed by atoms with van der Waals surface area (Å²) in [6.07, 6.45) is 4.02. The molecule has 100 valence electrons. The number of nitrogens with one attached hydrogen (secondary N) is 1. The van der Waals surface area contributed by atoms with Crippen LogP contribution in [0.5, 0.6) is 0 Å². The molecule has 3 rings (SSSR count). The SMILES string of the molecule is Cc1ccc(C(NN)c2ccc(C3CCC3)cc2)o1. The number of nitrogens with two attached hydrogens (primary N) is 1. The first-order chi connectivity index (χ1) is 9.28. The highest BCUT2D eigenvalue weighted by Gasteiger charge is 2.20. The molecule has 19 heavy (non-hydrogen) atoms. The van der Waals surface area contributed by atoms with Crippen molar-refractivity contribution in [2.24, 2.45) is 5.84 Å². The van der Waals surface area contributed by atoms with E-state index in [2.05, 4.69) is 29.7 Å². The van der Waals surface area contributed by atoms with Crippen LogP contribution in [-0.2, 0) is 0 Å². The Morgan fingerprint density at radius 3 is 2.37 bits per heavy atom. The molecular formula is C16H20N2O. The summed E-state index contributed by atoms with van der Waals surface area (Å²) >= 11 is 0. The molecule has 1 aromatic heterocycles. The number of hydrazine groups is 1. The predicted molar refractivity (Wildman–Crippen MR) is 75.6 cm³/mol. The second kappa shape index (κ2) is 5.19. The highest BCUT2D eigenvalue weighted by molar-refractivity contribution is 5.32. The van der Waals surface area contributed by atoms with Gasteiger partial charge in [-0.05, 0) is 48.9 Å². The highest BCUT2D eigenvalue weighted by atomic mass is 16.3. The molecule has 0 saturated heterocycles. The molecule has 1 heterocycles. The Balaban J connectivity index is 1.83. The summed E-state index contributed by atoms with van der Waals surface area (Å²) in [5.74, 6) is 8.20. The summed E-state index contributed by atoms with van der Waals surface area (Å²) in [5.41, 5.74) is 5.42. The second-order valence-corrected chi connectivity index (χ2v) is 5.34. The fourth-order valence-electron chi connectivity index (χ4n) is 2.65. The van der Waals surface area contributed by atoms with Gasteiger partial charge < -0.3 is 4.42 Å². The largest absolute Gasteiger partial charge is 0.464 e. The van der Waals surface area contributed by atoms with E-state index in [1.54, 1.807) is 0 Å². The van der Waals surface area contributed by atoms with E-state index in [4.69, 9.17) is 10.3 Å². The molecule has 3 N–H and O–H groups in total. The van der Waals surface area contributed by atoms with Crippen LogP contribution in [0.15, 0.2) is 40.8 Å². The van der Waals surface area contributed by atoms with Gasteiger partial charge in [-0.3, -0.25) is 5.84 Å². The van der Waals surface area contributed by atoms with Gasteiger partial charge in [0, 0.05) is 0 Å². The zero-order chi connectivity index (χ0) is 13.2. The molecule has 1 aliphatic rings. The van der Waals surface area contributed by atoms with Gasteiger partial charge in [-0.2, -0.15) is 0 Å². The molecule has 1 aliphatic carbocycles. The summed E-state index contributed by atoms with van der Waals surface area (Å²) in [6, 6.07) is 12.6. The van der Waals surface area contributed by atoms with E-state index in [0.717, 1.165) is 23.0 Å². The molecule has 0 bridgehead atoms. The average Bonchev–Trinajstić information content (AvgIpc) is 2.77.